The van der Waals surface area contributed by atoms with Crippen LogP contribution in [0.1, 0.15) is 37.1 Å². The first-order valence-electron chi connectivity index (χ1n) is 8.98. The van der Waals surface area contributed by atoms with Crippen molar-refractivity contribution in [3.8, 4) is 0 Å². The van der Waals surface area contributed by atoms with Gasteiger partial charge in [0.2, 0.25) is 10.0 Å². The molecule has 1 aliphatic heterocycles. The Morgan fingerprint density at radius 2 is 1.96 bits per heavy atom. The van der Waals surface area contributed by atoms with Gasteiger partial charge in [-0.05, 0) is 19.4 Å². The van der Waals surface area contributed by atoms with Gasteiger partial charge in [-0.15, -0.1) is 10.2 Å². The zero-order chi connectivity index (χ0) is 19.0. The molecular formula is C18H22N6O2S. The van der Waals surface area contributed by atoms with Gasteiger partial charge in [0, 0.05) is 31.7 Å². The molecule has 0 aliphatic carbocycles. The first-order chi connectivity index (χ1) is 13.0. The lowest BCUT2D eigenvalue weighted by molar-refractivity contribution is 0.288. The largest absolute Gasteiger partial charge is 0.309 e. The maximum Gasteiger partial charge on any atom is 0.246 e. The maximum absolute atomic E-state index is 13.0. The molecule has 1 aliphatic rings. The molecular weight excluding hydrogens is 364 g/mol. The Kier molecular flexibility index (Phi) is 4.56. The van der Waals surface area contributed by atoms with E-state index in [1.807, 2.05) is 32.0 Å². The van der Waals surface area contributed by atoms with Crippen LogP contribution in [0.25, 0.3) is 0 Å². The number of aromatic nitrogens is 5. The lowest BCUT2D eigenvalue weighted by Gasteiger charge is -2.31. The van der Waals surface area contributed by atoms with Crippen molar-refractivity contribution in [2.24, 2.45) is 0 Å². The molecule has 3 aromatic rings. The summed E-state index contributed by atoms with van der Waals surface area (Å²) >= 11 is 0. The Morgan fingerprint density at radius 3 is 2.67 bits per heavy atom. The zero-order valence-corrected chi connectivity index (χ0v) is 16.2. The average Bonchev–Trinajstić information content (AvgIpc) is 3.30. The number of hydrogen-bond donors (Lipinski definition) is 0. The molecule has 8 nitrogen and oxygen atoms in total. The minimum Gasteiger partial charge on any atom is -0.309 e. The second-order valence-corrected chi connectivity index (χ2v) is 8.68. The van der Waals surface area contributed by atoms with E-state index < -0.39 is 10.0 Å². The topological polar surface area (TPSA) is 85.9 Å². The molecule has 0 saturated heterocycles. The predicted octanol–water partition coefficient (Wildman–Crippen LogP) is 1.85. The molecule has 1 atom stereocenters. The molecule has 0 bridgehead atoms. The van der Waals surface area contributed by atoms with Crippen molar-refractivity contribution in [3.05, 3.63) is 59.9 Å². The Hall–Kier alpha value is -2.52. The highest BCUT2D eigenvalue weighted by molar-refractivity contribution is 7.89. The monoisotopic (exact) mass is 386 g/mol. The molecule has 3 heterocycles. The molecule has 2 aromatic heterocycles. The Morgan fingerprint density at radius 1 is 1.19 bits per heavy atom. The molecule has 0 fully saturated rings. The molecule has 0 saturated carbocycles. The van der Waals surface area contributed by atoms with Gasteiger partial charge in [-0.3, -0.25) is 4.68 Å². The van der Waals surface area contributed by atoms with Crippen LogP contribution in [-0.2, 0) is 29.5 Å². The van der Waals surface area contributed by atoms with Crippen LogP contribution in [0.4, 0.5) is 0 Å². The minimum atomic E-state index is -3.61. The van der Waals surface area contributed by atoms with E-state index in [1.54, 1.807) is 10.9 Å². The summed E-state index contributed by atoms with van der Waals surface area (Å²) in [5, 5.41) is 12.7. The third kappa shape index (κ3) is 3.28. The Bertz CT molecular complexity index is 1040. The molecule has 27 heavy (non-hydrogen) atoms. The number of sulfonamides is 1. The number of nitrogens with zero attached hydrogens (tertiary/aromatic N) is 6. The molecule has 0 N–H and O–H groups in total. The van der Waals surface area contributed by atoms with E-state index in [-0.39, 0.29) is 17.5 Å². The van der Waals surface area contributed by atoms with Gasteiger partial charge in [-0.1, -0.05) is 30.3 Å². The van der Waals surface area contributed by atoms with Crippen molar-refractivity contribution in [3.63, 3.8) is 0 Å². The van der Waals surface area contributed by atoms with Crippen LogP contribution in [-0.4, -0.2) is 43.8 Å². The molecule has 0 radical (unpaired) electrons. The molecule has 1 aromatic carbocycles. The third-order valence-corrected chi connectivity index (χ3v) is 6.60. The molecule has 0 spiro atoms. The van der Waals surface area contributed by atoms with E-state index in [2.05, 4.69) is 32.0 Å². The molecule has 9 heteroatoms. The second-order valence-electron chi connectivity index (χ2n) is 6.74. The van der Waals surface area contributed by atoms with Crippen LogP contribution in [0, 0.1) is 0 Å². The van der Waals surface area contributed by atoms with Gasteiger partial charge in [0.25, 0.3) is 0 Å². The Labute approximate surface area is 158 Å². The van der Waals surface area contributed by atoms with E-state index in [0.29, 0.717) is 25.3 Å². The maximum atomic E-state index is 13.0. The summed E-state index contributed by atoms with van der Waals surface area (Å²) in [5.41, 5.74) is 1.15. The summed E-state index contributed by atoms with van der Waals surface area (Å²) in [6, 6.07) is 10.0. The number of rotatable bonds is 5. The fourth-order valence-corrected chi connectivity index (χ4v) is 4.89. The summed E-state index contributed by atoms with van der Waals surface area (Å²) in [5.74, 6) is 1.53. The lowest BCUT2D eigenvalue weighted by atomic mass is 10.1. The zero-order valence-electron chi connectivity index (χ0n) is 15.4. The first kappa shape index (κ1) is 17.9. The summed E-state index contributed by atoms with van der Waals surface area (Å²) in [7, 11) is -3.61. The first-order valence-corrected chi connectivity index (χ1v) is 10.4. The van der Waals surface area contributed by atoms with Crippen LogP contribution >= 0.6 is 0 Å². The summed E-state index contributed by atoms with van der Waals surface area (Å²) in [6.45, 7) is 5.14. The standard InChI is InChI=1S/C18H22N6O2S/c1-3-22-12-16(10-19-22)27(25,26)23-11-14(2)24-17(20-21-18(24)13-23)9-15-7-5-4-6-8-15/h4-8,10,12,14H,3,9,11,13H2,1-2H3/t14-/m0/s1. The van der Waals surface area contributed by atoms with Crippen molar-refractivity contribution < 1.29 is 8.42 Å². The van der Waals surface area contributed by atoms with Gasteiger partial charge in [-0.25, -0.2) is 8.42 Å². The predicted molar refractivity (Wildman–Crippen MR) is 99.5 cm³/mol. The minimum absolute atomic E-state index is 0.0431. The van der Waals surface area contributed by atoms with Crippen molar-refractivity contribution in [2.45, 2.75) is 44.3 Å². The third-order valence-electron chi connectivity index (χ3n) is 4.84. The average molecular weight is 386 g/mol. The highest BCUT2D eigenvalue weighted by Crippen LogP contribution is 2.27. The number of hydrogen-bond acceptors (Lipinski definition) is 5. The molecule has 142 valence electrons. The van der Waals surface area contributed by atoms with Gasteiger partial charge < -0.3 is 4.57 Å². The van der Waals surface area contributed by atoms with Gasteiger partial charge in [0.15, 0.2) is 0 Å². The van der Waals surface area contributed by atoms with Crippen LogP contribution in [0.5, 0.6) is 0 Å². The van der Waals surface area contributed by atoms with E-state index in [1.165, 1.54) is 10.5 Å². The van der Waals surface area contributed by atoms with Gasteiger partial charge in [0.05, 0.1) is 12.7 Å². The van der Waals surface area contributed by atoms with E-state index >= 15 is 0 Å². The fourth-order valence-electron chi connectivity index (χ4n) is 3.46. The Balaban J connectivity index is 1.60. The number of fused-ring (bicyclic) bond motifs is 1. The van der Waals surface area contributed by atoms with Crippen molar-refractivity contribution in [1.29, 1.82) is 0 Å². The summed E-state index contributed by atoms with van der Waals surface area (Å²) < 4.78 is 31.1. The van der Waals surface area contributed by atoms with Gasteiger partial charge in [-0.2, -0.15) is 9.40 Å². The van der Waals surface area contributed by atoms with Crippen LogP contribution in [0.15, 0.2) is 47.6 Å². The lowest BCUT2D eigenvalue weighted by Crippen LogP contribution is -2.40. The molecule has 4 rings (SSSR count). The number of aryl methyl sites for hydroxylation is 1. The second kappa shape index (κ2) is 6.90. The summed E-state index contributed by atoms with van der Waals surface area (Å²) in [4.78, 5) is 0.217. The highest BCUT2D eigenvalue weighted by atomic mass is 32.2. The SMILES string of the molecule is CCn1cc(S(=O)(=O)N2Cc3nnc(Cc4ccccc4)n3[C@@H](C)C2)cn1. The van der Waals surface area contributed by atoms with Crippen LogP contribution in [0.2, 0.25) is 0 Å². The number of benzene rings is 1. The normalized spacial score (nSPS) is 17.8. The van der Waals surface area contributed by atoms with Crippen LogP contribution < -0.4 is 0 Å². The van der Waals surface area contributed by atoms with Crippen molar-refractivity contribution >= 4 is 10.0 Å². The van der Waals surface area contributed by atoms with Gasteiger partial charge in [0.1, 0.15) is 16.5 Å². The smallest absolute Gasteiger partial charge is 0.246 e. The van der Waals surface area contributed by atoms with Crippen molar-refractivity contribution in [2.75, 3.05) is 6.54 Å². The molecule has 0 unspecified atom stereocenters. The van der Waals surface area contributed by atoms with Crippen LogP contribution in [0.3, 0.4) is 0 Å². The van der Waals surface area contributed by atoms with E-state index in [4.69, 9.17) is 0 Å². The van der Waals surface area contributed by atoms with E-state index in [0.717, 1.165) is 11.4 Å². The fraction of sp³-hybridized carbons (Fsp3) is 0.389. The van der Waals surface area contributed by atoms with E-state index in [9.17, 15) is 8.42 Å². The highest BCUT2D eigenvalue weighted by Gasteiger charge is 2.34. The quantitative estimate of drug-likeness (QED) is 0.668. The van der Waals surface area contributed by atoms with Gasteiger partial charge >= 0.3 is 0 Å². The van der Waals surface area contributed by atoms with Crippen molar-refractivity contribution in [1.82, 2.24) is 28.9 Å². The summed E-state index contributed by atoms with van der Waals surface area (Å²) in [6.07, 6.45) is 3.65. The molecule has 0 amide bonds.